The Labute approximate surface area is 101 Å². The van der Waals surface area contributed by atoms with Crippen molar-refractivity contribution in [3.8, 4) is 0 Å². The van der Waals surface area contributed by atoms with Gasteiger partial charge in [-0.05, 0) is 17.7 Å². The lowest BCUT2D eigenvalue weighted by atomic mass is 10.2. The molecular weight excluding hydrogens is 246 g/mol. The van der Waals surface area contributed by atoms with Crippen molar-refractivity contribution in [2.75, 3.05) is 12.8 Å². The van der Waals surface area contributed by atoms with Crippen LogP contribution in [0.15, 0.2) is 40.8 Å². The Kier molecular flexibility index (Phi) is 4.53. The lowest BCUT2D eigenvalue weighted by molar-refractivity contribution is 0.602. The average molecular weight is 260 g/mol. The summed E-state index contributed by atoms with van der Waals surface area (Å²) in [6.45, 7) is 4.73. The maximum atomic E-state index is 11.2. The highest BCUT2D eigenvalue weighted by molar-refractivity contribution is 7.90. The van der Waals surface area contributed by atoms with E-state index in [0.717, 1.165) is 5.56 Å². The lowest BCUT2D eigenvalue weighted by Gasteiger charge is -2.04. The summed E-state index contributed by atoms with van der Waals surface area (Å²) in [4.78, 5) is 0.331. The maximum Gasteiger partial charge on any atom is 0.175 e. The minimum absolute atomic E-state index is 0.331. The molecule has 1 rings (SSSR count). The van der Waals surface area contributed by atoms with E-state index in [-0.39, 0.29) is 0 Å². The van der Waals surface area contributed by atoms with Crippen molar-refractivity contribution in [3.63, 3.8) is 0 Å². The number of sulfone groups is 1. The van der Waals surface area contributed by atoms with Crippen molar-refractivity contribution in [1.29, 1.82) is 0 Å². The standard InChI is InChI=1S/C11H14ClNO2S/c1-9(12)7-13-8-10-3-5-11(6-4-10)16(2,14)15/h3-6,13H,1,7-8H2,2H3. The molecule has 0 bridgehead atoms. The molecule has 0 amide bonds. The number of hydrogen-bond donors (Lipinski definition) is 1. The molecule has 3 nitrogen and oxygen atoms in total. The molecule has 0 aromatic heterocycles. The normalized spacial score (nSPS) is 11.4. The van der Waals surface area contributed by atoms with Crippen molar-refractivity contribution in [2.24, 2.45) is 0 Å². The molecule has 0 unspecified atom stereocenters. The molecular formula is C11H14ClNO2S. The first kappa shape index (κ1) is 13.2. The van der Waals surface area contributed by atoms with Crippen LogP contribution in [0.1, 0.15) is 5.56 Å². The van der Waals surface area contributed by atoms with Crippen molar-refractivity contribution in [1.82, 2.24) is 5.32 Å². The third-order valence-corrected chi connectivity index (χ3v) is 3.26. The van der Waals surface area contributed by atoms with Gasteiger partial charge in [0.05, 0.1) is 4.90 Å². The van der Waals surface area contributed by atoms with E-state index in [0.29, 0.717) is 23.0 Å². The molecule has 88 valence electrons. The summed E-state index contributed by atoms with van der Waals surface area (Å²) in [5.41, 5.74) is 1.00. The van der Waals surface area contributed by atoms with Crippen molar-refractivity contribution >= 4 is 21.4 Å². The summed E-state index contributed by atoms with van der Waals surface area (Å²) in [6.07, 6.45) is 1.19. The van der Waals surface area contributed by atoms with Crippen LogP contribution in [0.2, 0.25) is 0 Å². The van der Waals surface area contributed by atoms with E-state index in [2.05, 4.69) is 11.9 Å². The molecule has 0 atom stereocenters. The molecule has 1 aromatic rings. The Morgan fingerprint density at radius 2 is 1.94 bits per heavy atom. The Bertz CT molecular complexity index is 465. The Morgan fingerprint density at radius 1 is 1.38 bits per heavy atom. The quantitative estimate of drug-likeness (QED) is 0.879. The monoisotopic (exact) mass is 259 g/mol. The van der Waals surface area contributed by atoms with Crippen LogP contribution < -0.4 is 5.32 Å². The summed E-state index contributed by atoms with van der Waals surface area (Å²) in [7, 11) is -3.11. The fraction of sp³-hybridized carbons (Fsp3) is 0.273. The van der Waals surface area contributed by atoms with Gasteiger partial charge in [0.15, 0.2) is 9.84 Å². The smallest absolute Gasteiger partial charge is 0.175 e. The molecule has 1 N–H and O–H groups in total. The molecule has 0 heterocycles. The third kappa shape index (κ3) is 4.35. The molecule has 0 radical (unpaired) electrons. The summed E-state index contributed by atoms with van der Waals surface area (Å²) in [6, 6.07) is 6.75. The maximum absolute atomic E-state index is 11.2. The minimum Gasteiger partial charge on any atom is -0.308 e. The van der Waals surface area contributed by atoms with Gasteiger partial charge in [0.2, 0.25) is 0 Å². The largest absolute Gasteiger partial charge is 0.308 e. The number of nitrogens with one attached hydrogen (secondary N) is 1. The molecule has 0 saturated carbocycles. The zero-order chi connectivity index (χ0) is 12.2. The zero-order valence-corrected chi connectivity index (χ0v) is 10.6. The average Bonchev–Trinajstić information content (AvgIpc) is 2.16. The van der Waals surface area contributed by atoms with Crippen LogP contribution in [0.5, 0.6) is 0 Å². The summed E-state index contributed by atoms with van der Waals surface area (Å²) in [5, 5.41) is 3.63. The molecule has 5 heteroatoms. The molecule has 16 heavy (non-hydrogen) atoms. The molecule has 0 fully saturated rings. The van der Waals surface area contributed by atoms with Crippen LogP contribution in [-0.2, 0) is 16.4 Å². The summed E-state index contributed by atoms with van der Waals surface area (Å²) < 4.78 is 22.4. The highest BCUT2D eigenvalue weighted by Crippen LogP contribution is 2.10. The molecule has 0 aliphatic rings. The van der Waals surface area contributed by atoms with E-state index >= 15 is 0 Å². The van der Waals surface area contributed by atoms with Gasteiger partial charge in [-0.3, -0.25) is 0 Å². The first-order valence-electron chi connectivity index (χ1n) is 4.72. The van der Waals surface area contributed by atoms with Gasteiger partial charge in [0.1, 0.15) is 0 Å². The first-order chi connectivity index (χ1) is 7.39. The third-order valence-electron chi connectivity index (χ3n) is 2.00. The van der Waals surface area contributed by atoms with E-state index in [1.807, 2.05) is 0 Å². The fourth-order valence-electron chi connectivity index (χ4n) is 1.20. The van der Waals surface area contributed by atoms with Gasteiger partial charge in [0.25, 0.3) is 0 Å². The number of benzene rings is 1. The van der Waals surface area contributed by atoms with Gasteiger partial charge < -0.3 is 5.32 Å². The Morgan fingerprint density at radius 3 is 2.38 bits per heavy atom. The van der Waals surface area contributed by atoms with Crippen LogP contribution in [-0.4, -0.2) is 21.2 Å². The fourth-order valence-corrected chi connectivity index (χ4v) is 1.92. The highest BCUT2D eigenvalue weighted by Gasteiger charge is 2.05. The summed E-state index contributed by atoms with van der Waals surface area (Å²) >= 11 is 5.59. The second-order valence-electron chi connectivity index (χ2n) is 3.54. The topological polar surface area (TPSA) is 46.2 Å². The number of rotatable bonds is 5. The van der Waals surface area contributed by atoms with E-state index in [1.54, 1.807) is 24.3 Å². The summed E-state index contributed by atoms with van der Waals surface area (Å²) in [5.74, 6) is 0. The minimum atomic E-state index is -3.11. The second kappa shape index (κ2) is 5.48. The number of halogens is 1. The van der Waals surface area contributed by atoms with E-state index in [4.69, 9.17) is 11.6 Å². The molecule has 0 spiro atoms. The zero-order valence-electron chi connectivity index (χ0n) is 9.03. The molecule has 0 aliphatic carbocycles. The molecule has 1 aromatic carbocycles. The van der Waals surface area contributed by atoms with Crippen LogP contribution in [0.4, 0.5) is 0 Å². The molecule has 0 aliphatic heterocycles. The second-order valence-corrected chi connectivity index (χ2v) is 6.09. The van der Waals surface area contributed by atoms with Crippen molar-refractivity contribution in [2.45, 2.75) is 11.4 Å². The van der Waals surface area contributed by atoms with E-state index < -0.39 is 9.84 Å². The van der Waals surface area contributed by atoms with Gasteiger partial charge in [-0.1, -0.05) is 30.3 Å². The SMILES string of the molecule is C=C(Cl)CNCc1ccc(S(C)(=O)=O)cc1. The van der Waals surface area contributed by atoms with Gasteiger partial charge >= 0.3 is 0 Å². The van der Waals surface area contributed by atoms with Crippen molar-refractivity contribution < 1.29 is 8.42 Å². The van der Waals surface area contributed by atoms with Crippen molar-refractivity contribution in [3.05, 3.63) is 41.4 Å². The van der Waals surface area contributed by atoms with E-state index in [9.17, 15) is 8.42 Å². The Hall–Kier alpha value is -0.840. The van der Waals surface area contributed by atoms with Crippen LogP contribution in [0.3, 0.4) is 0 Å². The predicted molar refractivity (Wildman–Crippen MR) is 66.3 cm³/mol. The molecule has 0 saturated heterocycles. The lowest BCUT2D eigenvalue weighted by Crippen LogP contribution is -2.14. The van der Waals surface area contributed by atoms with Crippen LogP contribution >= 0.6 is 11.6 Å². The van der Waals surface area contributed by atoms with Gasteiger partial charge in [-0.15, -0.1) is 0 Å². The van der Waals surface area contributed by atoms with Crippen LogP contribution in [0, 0.1) is 0 Å². The van der Waals surface area contributed by atoms with E-state index in [1.165, 1.54) is 6.26 Å². The predicted octanol–water partition coefficient (Wildman–Crippen LogP) is 1.93. The van der Waals surface area contributed by atoms with Crippen LogP contribution in [0.25, 0.3) is 0 Å². The van der Waals surface area contributed by atoms with Gasteiger partial charge in [0, 0.05) is 24.4 Å². The van der Waals surface area contributed by atoms with Gasteiger partial charge in [-0.25, -0.2) is 8.42 Å². The highest BCUT2D eigenvalue weighted by atomic mass is 35.5. The Balaban J connectivity index is 2.62. The first-order valence-corrected chi connectivity index (χ1v) is 6.99. The number of hydrogen-bond acceptors (Lipinski definition) is 3. The van der Waals surface area contributed by atoms with Gasteiger partial charge in [-0.2, -0.15) is 0 Å².